The first kappa shape index (κ1) is 10.8. The number of ether oxygens (including phenoxy) is 1. The molecule has 5 heteroatoms. The third-order valence-electron chi connectivity index (χ3n) is 2.36. The monoisotopic (exact) mass is 197 g/mol. The molecule has 1 aliphatic rings. The van der Waals surface area contributed by atoms with Crippen molar-refractivity contribution in [3.63, 3.8) is 0 Å². The second-order valence-electron chi connectivity index (χ2n) is 3.34. The molecule has 2 nitrogen and oxygen atoms in total. The summed E-state index contributed by atoms with van der Waals surface area (Å²) < 4.78 is 41.3. The van der Waals surface area contributed by atoms with E-state index in [2.05, 4.69) is 5.32 Å². The summed E-state index contributed by atoms with van der Waals surface area (Å²) in [7, 11) is 1.67. The summed E-state index contributed by atoms with van der Waals surface area (Å²) in [4.78, 5) is 0. The SMILES string of the molecule is CNC1COCCC1CC(F)(F)F. The highest BCUT2D eigenvalue weighted by atomic mass is 19.4. The maximum absolute atomic E-state index is 12.1. The number of likely N-dealkylation sites (N-methyl/N-ethyl adjacent to an activating group) is 1. The van der Waals surface area contributed by atoms with Gasteiger partial charge in [-0.05, 0) is 19.4 Å². The average Bonchev–Trinajstić information content (AvgIpc) is 2.02. The summed E-state index contributed by atoms with van der Waals surface area (Å²) in [6, 6.07) is -0.157. The van der Waals surface area contributed by atoms with Gasteiger partial charge in [0, 0.05) is 19.1 Å². The van der Waals surface area contributed by atoms with Crippen molar-refractivity contribution in [1.29, 1.82) is 0 Å². The molecule has 1 N–H and O–H groups in total. The first-order valence-corrected chi connectivity index (χ1v) is 4.34. The molecule has 13 heavy (non-hydrogen) atoms. The Labute approximate surface area is 75.4 Å². The molecule has 0 bridgehead atoms. The molecule has 0 aliphatic carbocycles. The number of rotatable bonds is 2. The highest BCUT2D eigenvalue weighted by Crippen LogP contribution is 2.30. The van der Waals surface area contributed by atoms with E-state index in [9.17, 15) is 13.2 Å². The van der Waals surface area contributed by atoms with Gasteiger partial charge < -0.3 is 10.1 Å². The molecule has 0 radical (unpaired) electrons. The van der Waals surface area contributed by atoms with Crippen LogP contribution < -0.4 is 5.32 Å². The molecular formula is C8H14F3NO. The first-order valence-electron chi connectivity index (χ1n) is 4.34. The Kier molecular flexibility index (Phi) is 3.55. The largest absolute Gasteiger partial charge is 0.389 e. The number of alkyl halides is 3. The molecule has 78 valence electrons. The van der Waals surface area contributed by atoms with Gasteiger partial charge in [-0.3, -0.25) is 0 Å². The molecule has 0 aromatic heterocycles. The van der Waals surface area contributed by atoms with Gasteiger partial charge in [0.2, 0.25) is 0 Å². The normalized spacial score (nSPS) is 30.5. The minimum Gasteiger partial charge on any atom is -0.380 e. The van der Waals surface area contributed by atoms with Gasteiger partial charge in [0.1, 0.15) is 0 Å². The van der Waals surface area contributed by atoms with Crippen molar-refractivity contribution in [1.82, 2.24) is 5.32 Å². The van der Waals surface area contributed by atoms with Gasteiger partial charge in [-0.1, -0.05) is 0 Å². The van der Waals surface area contributed by atoms with Crippen molar-refractivity contribution in [3.8, 4) is 0 Å². The van der Waals surface area contributed by atoms with E-state index in [-0.39, 0.29) is 12.0 Å². The van der Waals surface area contributed by atoms with Crippen LogP contribution >= 0.6 is 0 Å². The zero-order valence-corrected chi connectivity index (χ0v) is 7.53. The van der Waals surface area contributed by atoms with Crippen molar-refractivity contribution in [2.45, 2.75) is 25.1 Å². The van der Waals surface area contributed by atoms with Crippen molar-refractivity contribution in [3.05, 3.63) is 0 Å². The third kappa shape index (κ3) is 3.52. The van der Waals surface area contributed by atoms with Gasteiger partial charge in [-0.25, -0.2) is 0 Å². The molecule has 1 aliphatic heterocycles. The van der Waals surface area contributed by atoms with Crippen molar-refractivity contribution < 1.29 is 17.9 Å². The molecule has 0 saturated carbocycles. The topological polar surface area (TPSA) is 21.3 Å². The van der Waals surface area contributed by atoms with Gasteiger partial charge in [-0.15, -0.1) is 0 Å². The summed E-state index contributed by atoms with van der Waals surface area (Å²) in [5, 5.41) is 2.85. The summed E-state index contributed by atoms with van der Waals surface area (Å²) in [5.41, 5.74) is 0. The van der Waals surface area contributed by atoms with E-state index < -0.39 is 12.6 Å². The van der Waals surface area contributed by atoms with Crippen LogP contribution in [0.15, 0.2) is 0 Å². The quantitative estimate of drug-likeness (QED) is 0.725. The van der Waals surface area contributed by atoms with Crippen molar-refractivity contribution in [2.24, 2.45) is 5.92 Å². The van der Waals surface area contributed by atoms with Crippen molar-refractivity contribution >= 4 is 0 Å². The minimum absolute atomic E-state index is 0.157. The summed E-state index contributed by atoms with van der Waals surface area (Å²) >= 11 is 0. The fourth-order valence-corrected chi connectivity index (χ4v) is 1.64. The van der Waals surface area contributed by atoms with Gasteiger partial charge >= 0.3 is 6.18 Å². The van der Waals surface area contributed by atoms with Crippen LogP contribution in [0.3, 0.4) is 0 Å². The zero-order valence-electron chi connectivity index (χ0n) is 7.53. The minimum atomic E-state index is -4.06. The Morgan fingerprint density at radius 1 is 1.46 bits per heavy atom. The zero-order chi connectivity index (χ0) is 9.90. The number of hydrogen-bond donors (Lipinski definition) is 1. The molecule has 1 heterocycles. The lowest BCUT2D eigenvalue weighted by molar-refractivity contribution is -0.153. The smallest absolute Gasteiger partial charge is 0.380 e. The predicted molar refractivity (Wildman–Crippen MR) is 42.4 cm³/mol. The molecule has 0 aromatic carbocycles. The molecule has 1 fully saturated rings. The fraction of sp³-hybridized carbons (Fsp3) is 1.00. The summed E-state index contributed by atoms with van der Waals surface area (Å²) in [6.45, 7) is 0.830. The molecule has 2 unspecified atom stereocenters. The maximum Gasteiger partial charge on any atom is 0.389 e. The van der Waals surface area contributed by atoms with E-state index in [0.29, 0.717) is 19.6 Å². The third-order valence-corrected chi connectivity index (χ3v) is 2.36. The van der Waals surface area contributed by atoms with E-state index in [1.54, 1.807) is 7.05 Å². The first-order chi connectivity index (χ1) is 6.03. The molecule has 0 amide bonds. The standard InChI is InChI=1S/C8H14F3NO/c1-12-7-5-13-3-2-6(7)4-8(9,10)11/h6-7,12H,2-5H2,1H3. The Morgan fingerprint density at radius 2 is 2.15 bits per heavy atom. The molecular weight excluding hydrogens is 183 g/mol. The number of nitrogens with one attached hydrogen (secondary N) is 1. The molecule has 1 rings (SSSR count). The lowest BCUT2D eigenvalue weighted by Gasteiger charge is -2.31. The van der Waals surface area contributed by atoms with Gasteiger partial charge in [0.05, 0.1) is 6.61 Å². The van der Waals surface area contributed by atoms with E-state index in [4.69, 9.17) is 4.74 Å². The van der Waals surface area contributed by atoms with Crippen LogP contribution in [0, 0.1) is 5.92 Å². The second-order valence-corrected chi connectivity index (χ2v) is 3.34. The Balaban J connectivity index is 2.45. The summed E-state index contributed by atoms with van der Waals surface area (Å²) in [5.74, 6) is -0.334. The van der Waals surface area contributed by atoms with Gasteiger partial charge in [0.25, 0.3) is 0 Å². The average molecular weight is 197 g/mol. The van der Waals surface area contributed by atoms with Crippen LogP contribution in [0.5, 0.6) is 0 Å². The lowest BCUT2D eigenvalue weighted by atomic mass is 9.91. The van der Waals surface area contributed by atoms with Crippen LogP contribution in [0.25, 0.3) is 0 Å². The van der Waals surface area contributed by atoms with E-state index in [0.717, 1.165) is 0 Å². The van der Waals surface area contributed by atoms with Gasteiger partial charge in [0.15, 0.2) is 0 Å². The van der Waals surface area contributed by atoms with Crippen LogP contribution in [-0.4, -0.2) is 32.5 Å². The second kappa shape index (κ2) is 4.28. The van der Waals surface area contributed by atoms with E-state index >= 15 is 0 Å². The molecule has 0 spiro atoms. The molecule has 1 saturated heterocycles. The van der Waals surface area contributed by atoms with Crippen LogP contribution in [0.2, 0.25) is 0 Å². The highest BCUT2D eigenvalue weighted by Gasteiger charge is 2.36. The van der Waals surface area contributed by atoms with Crippen LogP contribution in [0.1, 0.15) is 12.8 Å². The molecule has 2 atom stereocenters. The lowest BCUT2D eigenvalue weighted by Crippen LogP contribution is -2.43. The highest BCUT2D eigenvalue weighted by molar-refractivity contribution is 4.80. The van der Waals surface area contributed by atoms with Crippen LogP contribution in [0.4, 0.5) is 13.2 Å². The summed E-state index contributed by atoms with van der Waals surface area (Å²) in [6.07, 6.45) is -4.27. The molecule has 0 aromatic rings. The Hall–Kier alpha value is -0.290. The van der Waals surface area contributed by atoms with Crippen LogP contribution in [-0.2, 0) is 4.74 Å². The fourth-order valence-electron chi connectivity index (χ4n) is 1.64. The Morgan fingerprint density at radius 3 is 2.69 bits per heavy atom. The van der Waals surface area contributed by atoms with Gasteiger partial charge in [-0.2, -0.15) is 13.2 Å². The maximum atomic E-state index is 12.1. The van der Waals surface area contributed by atoms with E-state index in [1.807, 2.05) is 0 Å². The number of halogens is 3. The number of hydrogen-bond acceptors (Lipinski definition) is 2. The van der Waals surface area contributed by atoms with Crippen molar-refractivity contribution in [2.75, 3.05) is 20.3 Å². The van der Waals surface area contributed by atoms with E-state index in [1.165, 1.54) is 0 Å². The predicted octanol–water partition coefficient (Wildman–Crippen LogP) is 1.56. The Bertz CT molecular complexity index is 160.